The van der Waals surface area contributed by atoms with E-state index in [9.17, 15) is 0 Å². The Morgan fingerprint density at radius 2 is 1.00 bits per heavy atom. The minimum atomic E-state index is 0. The Morgan fingerprint density at radius 3 is 1.00 bits per heavy atom. The van der Waals surface area contributed by atoms with E-state index in [0.29, 0.717) is 0 Å². The van der Waals surface area contributed by atoms with Crippen LogP contribution in [0.15, 0.2) is 0 Å². The van der Waals surface area contributed by atoms with Crippen molar-refractivity contribution in [2.75, 3.05) is 0 Å². The summed E-state index contributed by atoms with van der Waals surface area (Å²) in [5.74, 6) is 0. The summed E-state index contributed by atoms with van der Waals surface area (Å²) < 4.78 is 0. The molecule has 0 spiro atoms. The van der Waals surface area contributed by atoms with E-state index in [4.69, 9.17) is 0 Å². The molecule has 0 aromatic rings. The fraction of sp³-hybridized carbons (Fsp3) is 0. The van der Waals surface area contributed by atoms with Gasteiger partial charge in [0, 0.05) is 0 Å². The van der Waals surface area contributed by atoms with Crippen LogP contribution in [-0.4, -0.2) is 94.4 Å². The average Bonchev–Trinajstić information content (AvgIpc) is 0. The average molecular weight is 352 g/mol. The zero-order valence-electron chi connectivity index (χ0n) is 6.73. The molecule has 0 aromatic heterocycles. The molecule has 0 aliphatic heterocycles. The third-order valence-corrected chi connectivity index (χ3v) is 0. The van der Waals surface area contributed by atoms with Crippen LogP contribution in [0.1, 0.15) is 5.71 Å². The molecule has 0 fully saturated rings. The van der Waals surface area contributed by atoms with Gasteiger partial charge in [0.15, 0.2) is 0 Å². The topological polar surface area (TPSA) is 57.0 Å². The second-order valence-electron chi connectivity index (χ2n) is 0. The summed E-state index contributed by atoms with van der Waals surface area (Å²) >= 11 is 0. The van der Waals surface area contributed by atoms with Gasteiger partial charge in [0.2, 0.25) is 0 Å². The summed E-state index contributed by atoms with van der Waals surface area (Å²) in [4.78, 5) is 0. The standard InChI is InChI=1S/Ba.2O.Sr.Zr.4H/q+2;2*-2;+2;+4;4*-1. The van der Waals surface area contributed by atoms with Gasteiger partial charge in [-0.3, -0.25) is 0 Å². The molecular formula is H4BaO2SrZr. The molecule has 0 radical (unpaired) electrons. The quantitative estimate of drug-likeness (QED) is 0.526. The number of hydrogen-bond acceptors (Lipinski definition) is 0. The summed E-state index contributed by atoms with van der Waals surface area (Å²) in [6.07, 6.45) is 0. The van der Waals surface area contributed by atoms with Gasteiger partial charge in [-0.25, -0.2) is 0 Å². The first-order valence-electron chi connectivity index (χ1n) is 0. The molecule has 0 unspecified atom stereocenters. The van der Waals surface area contributed by atoms with Gasteiger partial charge in [-0.05, 0) is 0 Å². The van der Waals surface area contributed by atoms with Crippen molar-refractivity contribution in [3.05, 3.63) is 0 Å². The Morgan fingerprint density at radius 1 is 1.00 bits per heavy atom. The molecular weight excluding hydrogens is 348 g/mol. The zero-order chi connectivity index (χ0) is 0. The SMILES string of the molecule is [Ba+2].[H-].[H-].[H-].[H-].[O-2].[O-2].[Sr+2].[Zr+4]. The van der Waals surface area contributed by atoms with Crippen LogP contribution in [0.25, 0.3) is 0 Å². The van der Waals surface area contributed by atoms with E-state index in [1.807, 2.05) is 0 Å². The van der Waals surface area contributed by atoms with Crippen molar-refractivity contribution in [1.29, 1.82) is 0 Å². The molecule has 0 rings (SSSR count). The molecule has 0 bridgehead atoms. The largest absolute Gasteiger partial charge is 4.00 e. The van der Waals surface area contributed by atoms with E-state index >= 15 is 0 Å². The molecule has 0 aromatic carbocycles. The molecule has 0 saturated heterocycles. The molecule has 0 heterocycles. The molecule has 0 aliphatic carbocycles. The molecule has 0 N–H and O–H groups in total. The zero-order valence-corrected chi connectivity index (χ0v) is 13.1. The fourth-order valence-electron chi connectivity index (χ4n) is 0. The molecule has 0 atom stereocenters. The summed E-state index contributed by atoms with van der Waals surface area (Å²) in [6, 6.07) is 0. The first kappa shape index (κ1) is 36.8. The van der Waals surface area contributed by atoms with Gasteiger partial charge in [0.25, 0.3) is 0 Å². The fourth-order valence-corrected chi connectivity index (χ4v) is 0. The summed E-state index contributed by atoms with van der Waals surface area (Å²) in [6.45, 7) is 0. The predicted octanol–water partition coefficient (Wildman–Crippen LogP) is -0.552. The van der Waals surface area contributed by atoms with Gasteiger partial charge in [0.05, 0.1) is 0 Å². The van der Waals surface area contributed by atoms with Gasteiger partial charge >= 0.3 is 121 Å². The third-order valence-electron chi connectivity index (χ3n) is 0. The maximum atomic E-state index is 0. The molecule has 0 aliphatic rings. The second-order valence-corrected chi connectivity index (χ2v) is 0. The van der Waals surface area contributed by atoms with E-state index in [1.54, 1.807) is 0 Å². The number of hydrogen-bond donors (Lipinski definition) is 0. The van der Waals surface area contributed by atoms with Crippen molar-refractivity contribution in [2.24, 2.45) is 0 Å². The van der Waals surface area contributed by atoms with Crippen LogP contribution >= 0.6 is 0 Å². The van der Waals surface area contributed by atoms with Crippen LogP contribution in [0.3, 0.4) is 0 Å². The van der Waals surface area contributed by atoms with E-state index in [0.717, 1.165) is 0 Å². The van der Waals surface area contributed by atoms with Crippen molar-refractivity contribution < 1.29 is 42.9 Å². The van der Waals surface area contributed by atoms with E-state index in [-0.39, 0.29) is 137 Å². The van der Waals surface area contributed by atoms with Gasteiger partial charge in [-0.1, -0.05) is 0 Å². The Kier molecular flexibility index (Phi) is 183. The van der Waals surface area contributed by atoms with Crippen molar-refractivity contribution in [2.45, 2.75) is 0 Å². The van der Waals surface area contributed by atoms with Crippen molar-refractivity contribution in [3.8, 4) is 0 Å². The monoisotopic (exact) mass is 352 g/mol. The van der Waals surface area contributed by atoms with Crippen molar-refractivity contribution in [3.63, 3.8) is 0 Å². The third kappa shape index (κ3) is 18.1. The van der Waals surface area contributed by atoms with Gasteiger partial charge < -0.3 is 16.7 Å². The predicted molar refractivity (Wildman–Crippen MR) is 17.3 cm³/mol. The van der Waals surface area contributed by atoms with Gasteiger partial charge in [0.1, 0.15) is 0 Å². The molecule has 0 amide bonds. The first-order valence-corrected chi connectivity index (χ1v) is 0. The van der Waals surface area contributed by atoms with E-state index in [1.165, 1.54) is 0 Å². The molecule has 24 valence electrons. The van der Waals surface area contributed by atoms with Crippen LogP contribution in [0, 0.1) is 0 Å². The maximum absolute atomic E-state index is 0. The molecule has 0 saturated carbocycles. The van der Waals surface area contributed by atoms with Crippen LogP contribution in [-0.2, 0) is 37.2 Å². The second kappa shape index (κ2) is 24.8. The van der Waals surface area contributed by atoms with Gasteiger partial charge in [-0.15, -0.1) is 0 Å². The summed E-state index contributed by atoms with van der Waals surface area (Å²) in [7, 11) is 0. The molecule has 5 heteroatoms. The summed E-state index contributed by atoms with van der Waals surface area (Å²) in [5, 5.41) is 0. The Hall–Kier alpha value is 3.86. The smallest absolute Gasteiger partial charge is 2.00 e. The number of rotatable bonds is 0. The van der Waals surface area contributed by atoms with Crippen LogP contribution < -0.4 is 0 Å². The minimum absolute atomic E-state index is 0. The Bertz CT molecular complexity index is 18.5. The van der Waals surface area contributed by atoms with Crippen molar-refractivity contribution in [1.82, 2.24) is 0 Å². The first-order chi connectivity index (χ1) is 0. The van der Waals surface area contributed by atoms with E-state index < -0.39 is 0 Å². The van der Waals surface area contributed by atoms with Gasteiger partial charge in [-0.2, -0.15) is 0 Å². The van der Waals surface area contributed by atoms with Crippen LogP contribution in [0.4, 0.5) is 0 Å². The Labute approximate surface area is 133 Å². The molecule has 2 nitrogen and oxygen atoms in total. The normalized spacial score (nSPS) is 0. The van der Waals surface area contributed by atoms with Crippen LogP contribution in [0.5, 0.6) is 0 Å². The maximum Gasteiger partial charge on any atom is 4.00 e. The Balaban J connectivity index is 0. The van der Waals surface area contributed by atoms with Crippen LogP contribution in [0.2, 0.25) is 0 Å². The summed E-state index contributed by atoms with van der Waals surface area (Å²) in [5.41, 5.74) is 0. The van der Waals surface area contributed by atoms with Crippen molar-refractivity contribution >= 4 is 94.4 Å². The van der Waals surface area contributed by atoms with E-state index in [2.05, 4.69) is 0 Å². The minimum Gasteiger partial charge on any atom is -2.00 e. The molecule has 5 heavy (non-hydrogen) atoms.